The van der Waals surface area contributed by atoms with Crippen LogP contribution >= 0.6 is 0 Å². The van der Waals surface area contributed by atoms with Crippen molar-refractivity contribution in [2.45, 2.75) is 38.7 Å². The number of nitriles is 1. The molecule has 0 aliphatic rings. The lowest BCUT2D eigenvalue weighted by molar-refractivity contribution is 0.150. The van der Waals surface area contributed by atoms with E-state index < -0.39 is 12.0 Å². The molecule has 0 aliphatic carbocycles. The van der Waals surface area contributed by atoms with Crippen LogP contribution < -0.4 is 0 Å². The van der Waals surface area contributed by atoms with E-state index in [0.717, 1.165) is 17.5 Å². The van der Waals surface area contributed by atoms with Gasteiger partial charge in [0.15, 0.2) is 0 Å². The molecule has 2 atom stereocenters. The molecule has 1 N–H and O–H groups in total. The molecule has 1 aromatic carbocycles. The molecule has 80 valence electrons. The summed E-state index contributed by atoms with van der Waals surface area (Å²) >= 11 is 0. The van der Waals surface area contributed by atoms with Gasteiger partial charge >= 0.3 is 0 Å². The van der Waals surface area contributed by atoms with E-state index >= 15 is 0 Å². The van der Waals surface area contributed by atoms with Crippen LogP contribution in [0.25, 0.3) is 0 Å². The van der Waals surface area contributed by atoms with Gasteiger partial charge in [0.2, 0.25) is 0 Å². The number of hydrogen-bond acceptors (Lipinski definition) is 2. The SMILES string of the molecule is CCCC(O)C(C#N)c1cccc(C)c1. The smallest absolute Gasteiger partial charge is 0.0971 e. The fourth-order valence-electron chi connectivity index (χ4n) is 1.71. The van der Waals surface area contributed by atoms with Crippen LogP contribution in [0.4, 0.5) is 0 Å². The molecular weight excluding hydrogens is 186 g/mol. The molecule has 2 unspecified atom stereocenters. The van der Waals surface area contributed by atoms with Gasteiger partial charge < -0.3 is 5.11 Å². The first-order valence-corrected chi connectivity index (χ1v) is 5.33. The van der Waals surface area contributed by atoms with E-state index in [0.29, 0.717) is 6.42 Å². The summed E-state index contributed by atoms with van der Waals surface area (Å²) in [6, 6.07) is 9.96. The molecule has 0 spiro atoms. The van der Waals surface area contributed by atoms with Crippen LogP contribution in [0.1, 0.15) is 36.8 Å². The summed E-state index contributed by atoms with van der Waals surface area (Å²) < 4.78 is 0. The lowest BCUT2D eigenvalue weighted by atomic mass is 9.91. The molecule has 1 rings (SSSR count). The minimum absolute atomic E-state index is 0.398. The minimum Gasteiger partial charge on any atom is -0.391 e. The van der Waals surface area contributed by atoms with Gasteiger partial charge in [0.25, 0.3) is 0 Å². The van der Waals surface area contributed by atoms with Crippen LogP contribution in [-0.2, 0) is 0 Å². The Kier molecular flexibility index (Phi) is 4.33. The predicted molar refractivity (Wildman–Crippen MR) is 60.4 cm³/mol. The Morgan fingerprint density at radius 2 is 2.20 bits per heavy atom. The molecule has 0 radical (unpaired) electrons. The van der Waals surface area contributed by atoms with E-state index in [1.54, 1.807) is 0 Å². The van der Waals surface area contributed by atoms with Crippen molar-refractivity contribution in [1.29, 1.82) is 5.26 Å². The molecule has 1 aromatic rings. The maximum atomic E-state index is 9.83. The Balaban J connectivity index is 2.88. The van der Waals surface area contributed by atoms with Crippen molar-refractivity contribution in [3.63, 3.8) is 0 Å². The highest BCUT2D eigenvalue weighted by Gasteiger charge is 2.19. The lowest BCUT2D eigenvalue weighted by Gasteiger charge is -2.16. The van der Waals surface area contributed by atoms with Gasteiger partial charge in [-0.2, -0.15) is 5.26 Å². The maximum Gasteiger partial charge on any atom is 0.0971 e. The van der Waals surface area contributed by atoms with Gasteiger partial charge in [-0.15, -0.1) is 0 Å². The Morgan fingerprint density at radius 1 is 1.47 bits per heavy atom. The van der Waals surface area contributed by atoms with Crippen LogP contribution in [0.3, 0.4) is 0 Å². The van der Waals surface area contributed by atoms with E-state index in [4.69, 9.17) is 5.26 Å². The van der Waals surface area contributed by atoms with Crippen molar-refractivity contribution in [2.24, 2.45) is 0 Å². The Bertz CT molecular complexity index is 354. The van der Waals surface area contributed by atoms with Gasteiger partial charge in [0.1, 0.15) is 0 Å². The number of rotatable bonds is 4. The van der Waals surface area contributed by atoms with Crippen molar-refractivity contribution in [3.05, 3.63) is 35.4 Å². The minimum atomic E-state index is -0.554. The predicted octanol–water partition coefficient (Wildman–Crippen LogP) is 2.76. The van der Waals surface area contributed by atoms with Gasteiger partial charge in [-0.05, 0) is 18.9 Å². The third-order valence-corrected chi connectivity index (χ3v) is 2.51. The zero-order chi connectivity index (χ0) is 11.3. The number of aliphatic hydroxyl groups excluding tert-OH is 1. The van der Waals surface area contributed by atoms with Gasteiger partial charge in [0.05, 0.1) is 18.1 Å². The molecule has 2 nitrogen and oxygen atoms in total. The number of nitrogens with zero attached hydrogens (tertiary/aromatic N) is 1. The molecule has 0 heterocycles. The average molecular weight is 203 g/mol. The van der Waals surface area contributed by atoms with Crippen LogP contribution in [0.2, 0.25) is 0 Å². The molecule has 0 bridgehead atoms. The molecule has 0 aliphatic heterocycles. The zero-order valence-electron chi connectivity index (χ0n) is 9.27. The molecular formula is C13H17NO. The zero-order valence-corrected chi connectivity index (χ0v) is 9.27. The summed E-state index contributed by atoms with van der Waals surface area (Å²) in [5.41, 5.74) is 2.04. The molecule has 0 aromatic heterocycles. The van der Waals surface area contributed by atoms with E-state index in [1.807, 2.05) is 38.1 Å². The second-order valence-electron chi connectivity index (χ2n) is 3.88. The van der Waals surface area contributed by atoms with Crippen molar-refractivity contribution in [2.75, 3.05) is 0 Å². The summed E-state index contributed by atoms with van der Waals surface area (Å²) in [6.45, 7) is 4.00. The quantitative estimate of drug-likeness (QED) is 0.817. The average Bonchev–Trinajstić information content (AvgIpc) is 2.19. The fourth-order valence-corrected chi connectivity index (χ4v) is 1.71. The van der Waals surface area contributed by atoms with E-state index in [-0.39, 0.29) is 0 Å². The first kappa shape index (κ1) is 11.7. The van der Waals surface area contributed by atoms with Gasteiger partial charge in [0, 0.05) is 0 Å². The number of hydrogen-bond donors (Lipinski definition) is 1. The Hall–Kier alpha value is -1.33. The van der Waals surface area contributed by atoms with Crippen LogP contribution in [0.15, 0.2) is 24.3 Å². The normalized spacial score (nSPS) is 14.3. The van der Waals surface area contributed by atoms with Crippen molar-refractivity contribution >= 4 is 0 Å². The van der Waals surface area contributed by atoms with Crippen LogP contribution in [-0.4, -0.2) is 11.2 Å². The largest absolute Gasteiger partial charge is 0.391 e. The lowest BCUT2D eigenvalue weighted by Crippen LogP contribution is -2.16. The highest BCUT2D eigenvalue weighted by Crippen LogP contribution is 2.22. The summed E-state index contributed by atoms with van der Waals surface area (Å²) in [7, 11) is 0. The van der Waals surface area contributed by atoms with Gasteiger partial charge in [-0.3, -0.25) is 0 Å². The molecule has 2 heteroatoms. The van der Waals surface area contributed by atoms with Crippen molar-refractivity contribution in [1.82, 2.24) is 0 Å². The van der Waals surface area contributed by atoms with E-state index in [1.165, 1.54) is 0 Å². The topological polar surface area (TPSA) is 44.0 Å². The molecule has 0 fully saturated rings. The monoisotopic (exact) mass is 203 g/mol. The highest BCUT2D eigenvalue weighted by atomic mass is 16.3. The summed E-state index contributed by atoms with van der Waals surface area (Å²) in [5, 5.41) is 18.9. The third-order valence-electron chi connectivity index (χ3n) is 2.51. The molecule has 0 saturated carbocycles. The van der Waals surface area contributed by atoms with Crippen molar-refractivity contribution < 1.29 is 5.11 Å². The summed E-state index contributed by atoms with van der Waals surface area (Å²) in [5.74, 6) is -0.398. The number of benzene rings is 1. The Morgan fingerprint density at radius 3 is 2.73 bits per heavy atom. The Labute approximate surface area is 91.2 Å². The van der Waals surface area contributed by atoms with Crippen LogP contribution in [0, 0.1) is 18.3 Å². The first-order chi connectivity index (χ1) is 7.19. The fraction of sp³-hybridized carbons (Fsp3) is 0.462. The van der Waals surface area contributed by atoms with E-state index in [9.17, 15) is 5.11 Å². The summed E-state index contributed by atoms with van der Waals surface area (Å²) in [4.78, 5) is 0. The molecule has 0 saturated heterocycles. The summed E-state index contributed by atoms with van der Waals surface area (Å²) in [6.07, 6.45) is 1.01. The standard InChI is InChI=1S/C13H17NO/c1-3-5-13(15)12(9-14)11-7-4-6-10(2)8-11/h4,6-8,12-13,15H,3,5H2,1-2H3. The second kappa shape index (κ2) is 5.53. The van der Waals surface area contributed by atoms with Gasteiger partial charge in [-0.25, -0.2) is 0 Å². The van der Waals surface area contributed by atoms with E-state index in [2.05, 4.69) is 6.07 Å². The number of aliphatic hydroxyl groups is 1. The molecule has 15 heavy (non-hydrogen) atoms. The van der Waals surface area contributed by atoms with Crippen molar-refractivity contribution in [3.8, 4) is 6.07 Å². The molecule has 0 amide bonds. The third kappa shape index (κ3) is 3.07. The number of aryl methyl sites for hydroxylation is 1. The van der Waals surface area contributed by atoms with Crippen LogP contribution in [0.5, 0.6) is 0 Å². The maximum absolute atomic E-state index is 9.83. The second-order valence-corrected chi connectivity index (χ2v) is 3.88. The first-order valence-electron chi connectivity index (χ1n) is 5.33. The van der Waals surface area contributed by atoms with Gasteiger partial charge in [-0.1, -0.05) is 43.2 Å². The highest BCUT2D eigenvalue weighted by molar-refractivity contribution is 5.30.